The number of amides is 1. The number of carbonyl (C=O) groups excluding carboxylic acids is 1. The Labute approximate surface area is 111 Å². The molecule has 6 nitrogen and oxygen atoms in total. The molecule has 0 spiro atoms. The zero-order valence-electron chi connectivity index (χ0n) is 10.8. The molecule has 1 saturated heterocycles. The van der Waals surface area contributed by atoms with Crippen LogP contribution in [0.15, 0.2) is 18.2 Å². The van der Waals surface area contributed by atoms with E-state index in [1.807, 2.05) is 0 Å². The summed E-state index contributed by atoms with van der Waals surface area (Å²) in [7, 11) is 1.58. The van der Waals surface area contributed by atoms with E-state index < -0.39 is 5.60 Å². The number of nitrogens with zero attached hydrogens (tertiary/aromatic N) is 1. The average Bonchev–Trinajstić information content (AvgIpc) is 2.73. The van der Waals surface area contributed by atoms with Crippen LogP contribution in [-0.4, -0.2) is 58.4 Å². The average molecular weight is 266 g/mol. The molecule has 0 bridgehead atoms. The number of rotatable bonds is 3. The smallest absolute Gasteiger partial charge is 0.253 e. The third-order valence-corrected chi connectivity index (χ3v) is 3.25. The van der Waals surface area contributed by atoms with E-state index in [0.717, 1.165) is 12.6 Å². The number of hydrogen-bond donors (Lipinski definition) is 4. The lowest BCUT2D eigenvalue weighted by Gasteiger charge is -2.28. The monoisotopic (exact) mass is 266 g/mol. The normalized spacial score (nSPS) is 22.4. The molecule has 0 radical (unpaired) electrons. The largest absolute Gasteiger partial charge is 0.508 e. The number of aliphatic hydroxyl groups is 1. The van der Waals surface area contributed by atoms with Gasteiger partial charge in [-0.15, -0.1) is 0 Å². The minimum atomic E-state index is -0.913. The van der Waals surface area contributed by atoms with Crippen LogP contribution in [-0.2, 0) is 0 Å². The van der Waals surface area contributed by atoms with Crippen LogP contribution < -0.4 is 5.32 Å². The number of carbonyl (C=O) groups is 1. The quantitative estimate of drug-likeness (QED) is 0.613. The van der Waals surface area contributed by atoms with E-state index in [1.165, 1.54) is 17.0 Å². The van der Waals surface area contributed by atoms with E-state index in [-0.39, 0.29) is 29.5 Å². The number of aromatic hydroxyl groups is 2. The molecule has 1 aliphatic heterocycles. The van der Waals surface area contributed by atoms with Crippen molar-refractivity contribution in [3.8, 4) is 11.5 Å². The first-order chi connectivity index (χ1) is 8.89. The maximum absolute atomic E-state index is 12.2. The second-order valence-corrected chi connectivity index (χ2v) is 5.05. The van der Waals surface area contributed by atoms with Crippen LogP contribution in [0.4, 0.5) is 0 Å². The van der Waals surface area contributed by atoms with E-state index in [4.69, 9.17) is 0 Å². The number of phenols is 2. The van der Waals surface area contributed by atoms with Gasteiger partial charge in [0.05, 0.1) is 12.1 Å². The van der Waals surface area contributed by atoms with Crippen LogP contribution in [0.25, 0.3) is 0 Å². The highest BCUT2D eigenvalue weighted by Gasteiger charge is 2.33. The second kappa shape index (κ2) is 5.07. The highest BCUT2D eigenvalue weighted by molar-refractivity contribution is 5.95. The second-order valence-electron chi connectivity index (χ2n) is 5.05. The molecular formula is C13H18N2O4. The molecule has 1 fully saturated rings. The Bertz CT molecular complexity index is 463. The Hall–Kier alpha value is -1.79. The van der Waals surface area contributed by atoms with Crippen molar-refractivity contribution in [2.45, 2.75) is 12.0 Å². The van der Waals surface area contributed by atoms with Crippen LogP contribution in [0.5, 0.6) is 11.5 Å². The summed E-state index contributed by atoms with van der Waals surface area (Å²) in [4.78, 5) is 13.5. The third kappa shape index (κ3) is 3.15. The molecular weight excluding hydrogens is 248 g/mol. The number of hydrogen-bond acceptors (Lipinski definition) is 5. The maximum Gasteiger partial charge on any atom is 0.253 e. The van der Waals surface area contributed by atoms with Gasteiger partial charge in [-0.1, -0.05) is 0 Å². The van der Waals surface area contributed by atoms with Crippen LogP contribution in [0.2, 0.25) is 0 Å². The molecule has 4 N–H and O–H groups in total. The fourth-order valence-electron chi connectivity index (χ4n) is 2.32. The molecule has 1 heterocycles. The van der Waals surface area contributed by atoms with Crippen LogP contribution in [0.1, 0.15) is 16.8 Å². The van der Waals surface area contributed by atoms with Crippen molar-refractivity contribution < 1.29 is 20.1 Å². The van der Waals surface area contributed by atoms with Crippen LogP contribution in [0.3, 0.4) is 0 Å². The molecule has 19 heavy (non-hydrogen) atoms. The fourth-order valence-corrected chi connectivity index (χ4v) is 2.32. The van der Waals surface area contributed by atoms with Gasteiger partial charge < -0.3 is 25.5 Å². The van der Waals surface area contributed by atoms with Gasteiger partial charge in [-0.25, -0.2) is 0 Å². The van der Waals surface area contributed by atoms with Gasteiger partial charge in [0.25, 0.3) is 5.91 Å². The summed E-state index contributed by atoms with van der Waals surface area (Å²) in [5.74, 6) is -0.692. The van der Waals surface area contributed by atoms with Crippen molar-refractivity contribution in [1.82, 2.24) is 10.2 Å². The molecule has 1 atom stereocenters. The molecule has 1 unspecified atom stereocenters. The Morgan fingerprint density at radius 3 is 2.53 bits per heavy atom. The van der Waals surface area contributed by atoms with Crippen molar-refractivity contribution >= 4 is 5.91 Å². The molecule has 1 aliphatic rings. The molecule has 104 valence electrons. The predicted molar refractivity (Wildman–Crippen MR) is 69.2 cm³/mol. The summed E-state index contributed by atoms with van der Waals surface area (Å²) >= 11 is 0. The van der Waals surface area contributed by atoms with E-state index in [0.29, 0.717) is 13.0 Å². The summed E-state index contributed by atoms with van der Waals surface area (Å²) in [5.41, 5.74) is -0.724. The SMILES string of the molecule is CN(CC1(O)CCNC1)C(=O)c1cc(O)cc(O)c1. The lowest BCUT2D eigenvalue weighted by molar-refractivity contribution is 0.0252. The van der Waals surface area contributed by atoms with Gasteiger partial charge in [-0.2, -0.15) is 0 Å². The molecule has 0 aliphatic carbocycles. The molecule has 2 rings (SSSR count). The number of β-amino-alcohol motifs (C(OH)–C–C–N with tert-alkyl or cyclic N) is 1. The maximum atomic E-state index is 12.2. The Kier molecular flexibility index (Phi) is 3.64. The van der Waals surface area contributed by atoms with Gasteiger partial charge in [-0.3, -0.25) is 4.79 Å². The summed E-state index contributed by atoms with van der Waals surface area (Å²) in [5, 5.41) is 32.0. The summed E-state index contributed by atoms with van der Waals surface area (Å²) in [6, 6.07) is 3.73. The van der Waals surface area contributed by atoms with E-state index in [1.54, 1.807) is 7.05 Å². The minimum Gasteiger partial charge on any atom is -0.508 e. The van der Waals surface area contributed by atoms with Crippen molar-refractivity contribution in [3.05, 3.63) is 23.8 Å². The lowest BCUT2D eigenvalue weighted by Crippen LogP contribution is -2.45. The highest BCUT2D eigenvalue weighted by Crippen LogP contribution is 2.22. The summed E-state index contributed by atoms with van der Waals surface area (Å²) in [6.45, 7) is 1.39. The Balaban J connectivity index is 2.10. The minimum absolute atomic E-state index is 0.169. The predicted octanol–water partition coefficient (Wildman–Crippen LogP) is -0.106. The molecule has 0 aromatic heterocycles. The van der Waals surface area contributed by atoms with Gasteiger partial charge in [0.2, 0.25) is 0 Å². The van der Waals surface area contributed by atoms with Crippen molar-refractivity contribution in [2.75, 3.05) is 26.7 Å². The first-order valence-electron chi connectivity index (χ1n) is 6.11. The standard InChI is InChI=1S/C13H18N2O4/c1-15(8-13(19)2-3-14-7-13)12(18)9-4-10(16)6-11(17)5-9/h4-6,14,16-17,19H,2-3,7-8H2,1H3. The molecule has 1 aromatic carbocycles. The van der Waals surface area contributed by atoms with Gasteiger partial charge in [0.15, 0.2) is 0 Å². The molecule has 1 amide bonds. The van der Waals surface area contributed by atoms with Gasteiger partial charge in [0, 0.05) is 25.2 Å². The fraction of sp³-hybridized carbons (Fsp3) is 0.462. The zero-order valence-corrected chi connectivity index (χ0v) is 10.8. The van der Waals surface area contributed by atoms with Crippen molar-refractivity contribution in [2.24, 2.45) is 0 Å². The highest BCUT2D eigenvalue weighted by atomic mass is 16.3. The lowest BCUT2D eigenvalue weighted by atomic mass is 10.0. The number of benzene rings is 1. The third-order valence-electron chi connectivity index (χ3n) is 3.25. The first-order valence-corrected chi connectivity index (χ1v) is 6.11. The van der Waals surface area contributed by atoms with E-state index >= 15 is 0 Å². The first kappa shape index (κ1) is 13.6. The van der Waals surface area contributed by atoms with Crippen LogP contribution >= 0.6 is 0 Å². The van der Waals surface area contributed by atoms with E-state index in [2.05, 4.69) is 5.32 Å². The number of likely N-dealkylation sites (N-methyl/N-ethyl adjacent to an activating group) is 1. The summed E-state index contributed by atoms with van der Waals surface area (Å²) < 4.78 is 0. The summed E-state index contributed by atoms with van der Waals surface area (Å²) in [6.07, 6.45) is 0.593. The Morgan fingerprint density at radius 2 is 2.00 bits per heavy atom. The molecule has 0 saturated carbocycles. The number of nitrogens with one attached hydrogen (secondary N) is 1. The zero-order chi connectivity index (χ0) is 14.0. The van der Waals surface area contributed by atoms with Crippen molar-refractivity contribution in [3.63, 3.8) is 0 Å². The van der Waals surface area contributed by atoms with Crippen LogP contribution in [0, 0.1) is 0 Å². The molecule has 1 aromatic rings. The van der Waals surface area contributed by atoms with E-state index in [9.17, 15) is 20.1 Å². The number of phenolic OH excluding ortho intramolecular Hbond substituents is 2. The Morgan fingerprint density at radius 1 is 1.37 bits per heavy atom. The van der Waals surface area contributed by atoms with Gasteiger partial charge >= 0.3 is 0 Å². The van der Waals surface area contributed by atoms with Gasteiger partial charge in [0.1, 0.15) is 11.5 Å². The molecule has 6 heteroatoms. The van der Waals surface area contributed by atoms with Crippen molar-refractivity contribution in [1.29, 1.82) is 0 Å². The topological polar surface area (TPSA) is 93.0 Å². The van der Waals surface area contributed by atoms with Gasteiger partial charge in [-0.05, 0) is 25.1 Å².